The van der Waals surface area contributed by atoms with Gasteiger partial charge in [-0.1, -0.05) is 39.0 Å². The number of hydrogen-bond donors (Lipinski definition) is 1. The Morgan fingerprint density at radius 3 is 2.61 bits per heavy atom. The zero-order valence-corrected chi connectivity index (χ0v) is 21.0. The van der Waals surface area contributed by atoms with Gasteiger partial charge in [0.1, 0.15) is 11.5 Å². The minimum Gasteiger partial charge on any atom is -0.457 e. The highest BCUT2D eigenvalue weighted by atomic mass is 16.5. The van der Waals surface area contributed by atoms with E-state index >= 15 is 0 Å². The largest absolute Gasteiger partial charge is 0.457 e. The van der Waals surface area contributed by atoms with E-state index in [0.717, 1.165) is 35.5 Å². The Morgan fingerprint density at radius 1 is 0.944 bits per heavy atom. The molecule has 5 heteroatoms. The van der Waals surface area contributed by atoms with E-state index in [0.29, 0.717) is 12.2 Å². The molecule has 4 aromatic rings. The maximum absolute atomic E-state index is 13.1. The summed E-state index contributed by atoms with van der Waals surface area (Å²) in [5.74, 6) is 1.49. The lowest BCUT2D eigenvalue weighted by atomic mass is 9.83. The molecule has 0 radical (unpaired) electrons. The third-order valence-electron chi connectivity index (χ3n) is 6.70. The van der Waals surface area contributed by atoms with Gasteiger partial charge in [0, 0.05) is 41.8 Å². The van der Waals surface area contributed by atoms with Gasteiger partial charge >= 0.3 is 0 Å². The second-order valence-electron chi connectivity index (χ2n) is 10.4. The van der Waals surface area contributed by atoms with Crippen LogP contribution in [-0.2, 0) is 23.1 Å². The molecule has 36 heavy (non-hydrogen) atoms. The molecule has 1 atom stereocenters. The molecule has 0 aliphatic heterocycles. The average Bonchev–Trinajstić information content (AvgIpc) is 2.88. The first-order valence-corrected chi connectivity index (χ1v) is 12.4. The Kier molecular flexibility index (Phi) is 6.55. The molecule has 0 saturated heterocycles. The van der Waals surface area contributed by atoms with Gasteiger partial charge in [-0.3, -0.25) is 14.8 Å². The number of pyridine rings is 2. The third-order valence-corrected chi connectivity index (χ3v) is 6.70. The molecule has 0 saturated carbocycles. The van der Waals surface area contributed by atoms with Crippen LogP contribution in [0.2, 0.25) is 0 Å². The van der Waals surface area contributed by atoms with Gasteiger partial charge < -0.3 is 10.1 Å². The van der Waals surface area contributed by atoms with Crippen LogP contribution >= 0.6 is 0 Å². The van der Waals surface area contributed by atoms with E-state index in [1.807, 2.05) is 42.5 Å². The summed E-state index contributed by atoms with van der Waals surface area (Å²) < 4.78 is 6.18. The minimum absolute atomic E-state index is 0.0362. The summed E-state index contributed by atoms with van der Waals surface area (Å²) in [5, 5.41) is 3.15. The molecule has 1 amide bonds. The molecule has 5 nitrogen and oxygen atoms in total. The number of aromatic nitrogens is 2. The van der Waals surface area contributed by atoms with Crippen LogP contribution < -0.4 is 10.1 Å². The maximum atomic E-state index is 13.1. The van der Waals surface area contributed by atoms with Crippen molar-refractivity contribution in [2.24, 2.45) is 5.92 Å². The molecular weight excluding hydrogens is 446 g/mol. The minimum atomic E-state index is -0.0656. The Morgan fingerprint density at radius 2 is 1.81 bits per heavy atom. The third kappa shape index (κ3) is 5.46. The second kappa shape index (κ2) is 9.94. The summed E-state index contributed by atoms with van der Waals surface area (Å²) in [7, 11) is 0. The summed E-state index contributed by atoms with van der Waals surface area (Å²) in [4.78, 5) is 21.7. The van der Waals surface area contributed by atoms with Crippen LogP contribution in [0.25, 0.3) is 11.3 Å². The first kappa shape index (κ1) is 23.7. The molecule has 1 aliphatic carbocycles. The molecule has 5 rings (SSSR count). The number of nitrogens with zero attached hydrogens (tertiary/aromatic N) is 2. The smallest absolute Gasteiger partial charge is 0.227 e. The molecule has 1 unspecified atom stereocenters. The van der Waals surface area contributed by atoms with Crippen molar-refractivity contribution in [1.82, 2.24) is 9.97 Å². The predicted octanol–water partition coefficient (Wildman–Crippen LogP) is 6.98. The number of fused-ring (bicyclic) bond motifs is 1. The van der Waals surface area contributed by atoms with Crippen LogP contribution in [0.4, 0.5) is 5.69 Å². The van der Waals surface area contributed by atoms with Crippen LogP contribution in [0.15, 0.2) is 85.3 Å². The number of carbonyl (C=O) groups excluding carboxylic acids is 1. The van der Waals surface area contributed by atoms with E-state index in [-0.39, 0.29) is 17.2 Å². The van der Waals surface area contributed by atoms with Crippen molar-refractivity contribution in [1.29, 1.82) is 0 Å². The molecule has 2 heterocycles. The van der Waals surface area contributed by atoms with Gasteiger partial charge in [0.25, 0.3) is 0 Å². The monoisotopic (exact) mass is 477 g/mol. The molecule has 2 aromatic heterocycles. The summed E-state index contributed by atoms with van der Waals surface area (Å²) in [6, 6.07) is 22.0. The van der Waals surface area contributed by atoms with Gasteiger partial charge in [-0.15, -0.1) is 0 Å². The fourth-order valence-electron chi connectivity index (χ4n) is 4.61. The summed E-state index contributed by atoms with van der Waals surface area (Å²) in [5.41, 5.74) is 6.31. The molecule has 1 aliphatic rings. The molecular formula is C31H31N3O2. The second-order valence-corrected chi connectivity index (χ2v) is 10.4. The van der Waals surface area contributed by atoms with E-state index < -0.39 is 0 Å². The number of benzene rings is 2. The zero-order valence-electron chi connectivity index (χ0n) is 21.0. The highest BCUT2D eigenvalue weighted by molar-refractivity contribution is 5.93. The van der Waals surface area contributed by atoms with Crippen molar-refractivity contribution < 1.29 is 9.53 Å². The van der Waals surface area contributed by atoms with Crippen molar-refractivity contribution in [3.05, 3.63) is 102 Å². The van der Waals surface area contributed by atoms with Crippen LogP contribution in [0.5, 0.6) is 11.5 Å². The van der Waals surface area contributed by atoms with Gasteiger partial charge in [-0.2, -0.15) is 0 Å². The first-order valence-electron chi connectivity index (χ1n) is 12.4. The summed E-state index contributed by atoms with van der Waals surface area (Å²) in [6.45, 7) is 6.53. The van der Waals surface area contributed by atoms with Gasteiger partial charge in [-0.25, -0.2) is 0 Å². The van der Waals surface area contributed by atoms with Crippen LogP contribution in [-0.4, -0.2) is 15.9 Å². The van der Waals surface area contributed by atoms with Gasteiger partial charge in [0.15, 0.2) is 0 Å². The van der Waals surface area contributed by atoms with Crippen molar-refractivity contribution in [3.8, 4) is 22.8 Å². The highest BCUT2D eigenvalue weighted by Gasteiger charge is 2.25. The lowest BCUT2D eigenvalue weighted by molar-refractivity contribution is -0.120. The van der Waals surface area contributed by atoms with E-state index in [1.54, 1.807) is 18.6 Å². The summed E-state index contributed by atoms with van der Waals surface area (Å²) in [6.07, 6.45) is 7.70. The van der Waals surface area contributed by atoms with Gasteiger partial charge in [0.2, 0.25) is 5.91 Å². The predicted molar refractivity (Wildman–Crippen MR) is 143 cm³/mol. The van der Waals surface area contributed by atoms with Crippen molar-refractivity contribution >= 4 is 11.6 Å². The Hall–Kier alpha value is -3.99. The fourth-order valence-corrected chi connectivity index (χ4v) is 4.61. The van der Waals surface area contributed by atoms with Crippen molar-refractivity contribution in [3.63, 3.8) is 0 Å². The number of aryl methyl sites for hydroxylation is 1. The van der Waals surface area contributed by atoms with Crippen LogP contribution in [0.3, 0.4) is 0 Å². The first-order chi connectivity index (χ1) is 17.3. The Balaban J connectivity index is 1.28. The zero-order chi connectivity index (χ0) is 25.1. The Labute approximate surface area is 212 Å². The topological polar surface area (TPSA) is 64.1 Å². The number of rotatable bonds is 5. The lowest BCUT2D eigenvalue weighted by Crippen LogP contribution is -2.28. The standard InChI is InChI=1S/C31H31N3O2/c1-31(2,3)25-7-4-8-26(18-25)34-30(35)22-10-9-21-11-12-27(17-24(21)16-22)36-28-13-15-33-29(19-28)23-6-5-14-32-20-23/h4-8,11-15,17-20,22H,9-10,16H2,1-3H3,(H,34,35). The maximum Gasteiger partial charge on any atom is 0.227 e. The van der Waals surface area contributed by atoms with E-state index in [1.165, 1.54) is 16.7 Å². The van der Waals surface area contributed by atoms with Gasteiger partial charge in [-0.05, 0) is 83.8 Å². The SMILES string of the molecule is CC(C)(C)c1cccc(NC(=O)C2CCc3ccc(Oc4ccnc(-c5cccnc5)c4)cc3C2)c1. The van der Waals surface area contributed by atoms with E-state index in [2.05, 4.69) is 60.3 Å². The molecule has 0 bridgehead atoms. The van der Waals surface area contributed by atoms with E-state index in [9.17, 15) is 4.79 Å². The average molecular weight is 478 g/mol. The molecule has 2 aromatic carbocycles. The molecule has 0 spiro atoms. The van der Waals surface area contributed by atoms with Crippen LogP contribution in [0.1, 0.15) is 43.9 Å². The van der Waals surface area contributed by atoms with Crippen LogP contribution in [0, 0.1) is 5.92 Å². The number of nitrogens with one attached hydrogen (secondary N) is 1. The number of carbonyl (C=O) groups is 1. The van der Waals surface area contributed by atoms with Crippen molar-refractivity contribution in [2.75, 3.05) is 5.32 Å². The summed E-state index contributed by atoms with van der Waals surface area (Å²) >= 11 is 0. The fraction of sp³-hybridized carbons (Fsp3) is 0.258. The lowest BCUT2D eigenvalue weighted by Gasteiger charge is -2.25. The van der Waals surface area contributed by atoms with Crippen molar-refractivity contribution in [2.45, 2.75) is 45.4 Å². The number of hydrogen-bond acceptors (Lipinski definition) is 4. The van der Waals surface area contributed by atoms with Gasteiger partial charge in [0.05, 0.1) is 5.69 Å². The molecule has 0 fully saturated rings. The number of ether oxygens (including phenoxy) is 1. The van der Waals surface area contributed by atoms with E-state index in [4.69, 9.17) is 4.74 Å². The number of amides is 1. The quantitative estimate of drug-likeness (QED) is 0.337. The normalized spacial score (nSPS) is 15.1. The highest BCUT2D eigenvalue weighted by Crippen LogP contribution is 2.32. The number of anilines is 1. The molecule has 1 N–H and O–H groups in total. The Bertz CT molecular complexity index is 1380. The molecule has 182 valence electrons.